The van der Waals surface area contributed by atoms with E-state index in [4.69, 9.17) is 5.73 Å². The molecule has 0 saturated heterocycles. The van der Waals surface area contributed by atoms with Gasteiger partial charge in [-0.1, -0.05) is 25.1 Å². The van der Waals surface area contributed by atoms with Crippen LogP contribution >= 0.6 is 22.6 Å². The van der Waals surface area contributed by atoms with Gasteiger partial charge in [0.1, 0.15) is 0 Å². The van der Waals surface area contributed by atoms with Crippen LogP contribution in [0.5, 0.6) is 0 Å². The number of hydrogen-bond donors (Lipinski definition) is 1. The molecule has 0 amide bonds. The first-order chi connectivity index (χ1) is 6.20. The molecule has 1 saturated carbocycles. The molecule has 1 aromatic rings. The van der Waals surface area contributed by atoms with Gasteiger partial charge < -0.3 is 5.73 Å². The molecule has 1 nitrogen and oxygen atoms in total. The first-order valence-corrected chi connectivity index (χ1v) is 5.78. The number of rotatable bonds is 1. The van der Waals surface area contributed by atoms with Gasteiger partial charge in [-0.3, -0.25) is 0 Å². The summed E-state index contributed by atoms with van der Waals surface area (Å²) < 4.78 is 1.38. The maximum absolute atomic E-state index is 5.90. The van der Waals surface area contributed by atoms with E-state index in [2.05, 4.69) is 53.8 Å². The molecule has 13 heavy (non-hydrogen) atoms. The van der Waals surface area contributed by atoms with Crippen LogP contribution in [-0.4, -0.2) is 6.04 Å². The Morgan fingerprint density at radius 1 is 1.38 bits per heavy atom. The van der Waals surface area contributed by atoms with Crippen molar-refractivity contribution in [1.29, 1.82) is 0 Å². The zero-order valence-electron chi connectivity index (χ0n) is 7.70. The van der Waals surface area contributed by atoms with Crippen LogP contribution in [0.4, 0.5) is 0 Å². The maximum Gasteiger partial charge on any atom is 0.0165 e. The maximum atomic E-state index is 5.90. The van der Waals surface area contributed by atoms with Crippen molar-refractivity contribution in [3.8, 4) is 0 Å². The van der Waals surface area contributed by atoms with E-state index in [1.165, 1.54) is 9.13 Å². The van der Waals surface area contributed by atoms with Crippen LogP contribution < -0.4 is 5.73 Å². The standard InChI is InChI=1S/C11H14IN/c1-7-9(6-11(7)13)8-4-2-3-5-10(8)12/h2-5,7,9,11H,6,13H2,1H3. The number of nitrogens with two attached hydrogens (primary N) is 1. The van der Waals surface area contributed by atoms with Gasteiger partial charge in [0.2, 0.25) is 0 Å². The van der Waals surface area contributed by atoms with E-state index in [0.717, 1.165) is 6.42 Å². The van der Waals surface area contributed by atoms with Gasteiger partial charge in [-0.05, 0) is 52.5 Å². The van der Waals surface area contributed by atoms with E-state index in [9.17, 15) is 0 Å². The van der Waals surface area contributed by atoms with E-state index in [-0.39, 0.29) is 0 Å². The Kier molecular flexibility index (Phi) is 2.60. The third-order valence-corrected chi connectivity index (χ3v) is 4.12. The minimum absolute atomic E-state index is 0.418. The van der Waals surface area contributed by atoms with Crippen molar-refractivity contribution in [1.82, 2.24) is 0 Å². The van der Waals surface area contributed by atoms with Crippen molar-refractivity contribution in [2.24, 2.45) is 11.7 Å². The molecule has 1 fully saturated rings. The molecular weight excluding hydrogens is 273 g/mol. The molecule has 2 rings (SSSR count). The summed E-state index contributed by atoms with van der Waals surface area (Å²) in [6.45, 7) is 2.25. The zero-order chi connectivity index (χ0) is 9.42. The third-order valence-electron chi connectivity index (χ3n) is 3.14. The third kappa shape index (κ3) is 1.62. The topological polar surface area (TPSA) is 26.0 Å². The second kappa shape index (κ2) is 3.58. The Labute approximate surface area is 92.9 Å². The Bertz CT molecular complexity index is 311. The summed E-state index contributed by atoms with van der Waals surface area (Å²) in [5, 5.41) is 0. The summed E-state index contributed by atoms with van der Waals surface area (Å²) in [7, 11) is 0. The molecule has 3 unspecified atom stereocenters. The molecule has 0 heterocycles. The molecule has 2 heteroatoms. The second-order valence-corrected chi connectivity index (χ2v) is 5.05. The summed E-state index contributed by atoms with van der Waals surface area (Å²) in [4.78, 5) is 0. The predicted molar refractivity (Wildman–Crippen MR) is 63.7 cm³/mol. The fourth-order valence-corrected chi connectivity index (χ4v) is 2.80. The molecule has 1 aliphatic carbocycles. The van der Waals surface area contributed by atoms with Crippen LogP contribution in [0.3, 0.4) is 0 Å². The van der Waals surface area contributed by atoms with Gasteiger partial charge in [0.15, 0.2) is 0 Å². The Morgan fingerprint density at radius 2 is 2.08 bits per heavy atom. The highest BCUT2D eigenvalue weighted by Gasteiger charge is 2.36. The van der Waals surface area contributed by atoms with Crippen molar-refractivity contribution < 1.29 is 0 Å². The van der Waals surface area contributed by atoms with Gasteiger partial charge in [0.05, 0.1) is 0 Å². The minimum atomic E-state index is 0.418. The molecule has 2 N–H and O–H groups in total. The highest BCUT2D eigenvalue weighted by atomic mass is 127. The van der Waals surface area contributed by atoms with Crippen LogP contribution in [0.25, 0.3) is 0 Å². The summed E-state index contributed by atoms with van der Waals surface area (Å²) in [6, 6.07) is 9.03. The van der Waals surface area contributed by atoms with Crippen LogP contribution in [0.1, 0.15) is 24.8 Å². The van der Waals surface area contributed by atoms with Gasteiger partial charge >= 0.3 is 0 Å². The Balaban J connectivity index is 2.23. The normalized spacial score (nSPS) is 32.7. The molecule has 0 radical (unpaired) electrons. The lowest BCUT2D eigenvalue weighted by atomic mass is 9.67. The predicted octanol–water partition coefficient (Wildman–Crippen LogP) is 2.74. The molecule has 0 aliphatic heterocycles. The zero-order valence-corrected chi connectivity index (χ0v) is 9.86. The second-order valence-electron chi connectivity index (χ2n) is 3.89. The first-order valence-electron chi connectivity index (χ1n) is 4.70. The smallest absolute Gasteiger partial charge is 0.0165 e. The van der Waals surface area contributed by atoms with E-state index in [1.807, 2.05) is 0 Å². The largest absolute Gasteiger partial charge is 0.327 e. The van der Waals surface area contributed by atoms with Gasteiger partial charge in [-0.2, -0.15) is 0 Å². The number of benzene rings is 1. The highest BCUT2D eigenvalue weighted by molar-refractivity contribution is 14.1. The summed E-state index contributed by atoms with van der Waals surface area (Å²) in [5.74, 6) is 1.35. The van der Waals surface area contributed by atoms with Crippen LogP contribution in [0.15, 0.2) is 24.3 Å². The molecule has 70 valence electrons. The van der Waals surface area contributed by atoms with Gasteiger partial charge in [-0.15, -0.1) is 0 Å². The van der Waals surface area contributed by atoms with Crippen LogP contribution in [-0.2, 0) is 0 Å². The number of halogens is 1. The first kappa shape index (κ1) is 9.46. The summed E-state index contributed by atoms with van der Waals surface area (Å²) in [5.41, 5.74) is 7.38. The van der Waals surface area contributed by atoms with Gasteiger partial charge in [0, 0.05) is 9.61 Å². The fraction of sp³-hybridized carbons (Fsp3) is 0.455. The fourth-order valence-electron chi connectivity index (χ4n) is 2.01. The lowest BCUT2D eigenvalue weighted by Gasteiger charge is -2.41. The number of hydrogen-bond acceptors (Lipinski definition) is 1. The molecule has 0 aromatic heterocycles. The molecule has 3 atom stereocenters. The van der Waals surface area contributed by atoms with Crippen molar-refractivity contribution in [3.05, 3.63) is 33.4 Å². The lowest BCUT2D eigenvalue weighted by Crippen LogP contribution is -2.44. The Hall–Kier alpha value is -0.0900. The van der Waals surface area contributed by atoms with Crippen molar-refractivity contribution >= 4 is 22.6 Å². The van der Waals surface area contributed by atoms with E-state index in [1.54, 1.807) is 0 Å². The van der Waals surface area contributed by atoms with Gasteiger partial charge in [0.25, 0.3) is 0 Å². The van der Waals surface area contributed by atoms with Crippen molar-refractivity contribution in [3.63, 3.8) is 0 Å². The molecule has 1 aliphatic rings. The van der Waals surface area contributed by atoms with Crippen LogP contribution in [0, 0.1) is 9.49 Å². The Morgan fingerprint density at radius 3 is 2.62 bits per heavy atom. The molecular formula is C11H14IN. The molecule has 1 aromatic carbocycles. The average molecular weight is 287 g/mol. The van der Waals surface area contributed by atoms with Gasteiger partial charge in [-0.25, -0.2) is 0 Å². The lowest BCUT2D eigenvalue weighted by molar-refractivity contribution is 0.226. The SMILES string of the molecule is CC1C(N)CC1c1ccccc1I. The summed E-state index contributed by atoms with van der Waals surface area (Å²) in [6.07, 6.45) is 1.15. The van der Waals surface area contributed by atoms with Crippen LogP contribution in [0.2, 0.25) is 0 Å². The van der Waals surface area contributed by atoms with E-state index >= 15 is 0 Å². The molecule has 0 spiro atoms. The van der Waals surface area contributed by atoms with Crippen molar-refractivity contribution in [2.45, 2.75) is 25.3 Å². The average Bonchev–Trinajstić information content (AvgIpc) is 2.15. The monoisotopic (exact) mass is 287 g/mol. The summed E-state index contributed by atoms with van der Waals surface area (Å²) >= 11 is 2.41. The highest BCUT2D eigenvalue weighted by Crippen LogP contribution is 2.42. The van der Waals surface area contributed by atoms with E-state index < -0.39 is 0 Å². The minimum Gasteiger partial charge on any atom is -0.327 e. The van der Waals surface area contributed by atoms with E-state index in [0.29, 0.717) is 17.9 Å². The van der Waals surface area contributed by atoms with Crippen molar-refractivity contribution in [2.75, 3.05) is 0 Å². The molecule has 0 bridgehead atoms. The quantitative estimate of drug-likeness (QED) is 0.790.